The second kappa shape index (κ2) is 7.66. The fraction of sp³-hybridized carbons (Fsp3) is 0.600. The molecule has 0 aliphatic carbocycles. The quantitative estimate of drug-likeness (QED) is 0.828. The van der Waals surface area contributed by atoms with E-state index in [-0.39, 0.29) is 17.8 Å². The molecule has 2 atom stereocenters. The number of alkyl halides is 3. The lowest BCUT2D eigenvalue weighted by atomic mass is 10.0. The summed E-state index contributed by atoms with van der Waals surface area (Å²) in [5.74, 6) is 0.177. The first kappa shape index (κ1) is 17.8. The topological polar surface area (TPSA) is 30.5 Å². The van der Waals surface area contributed by atoms with E-state index in [1.165, 1.54) is 12.1 Å². The summed E-state index contributed by atoms with van der Waals surface area (Å²) in [6.07, 6.45) is -4.66. The van der Waals surface area contributed by atoms with Gasteiger partial charge < -0.3 is 14.8 Å². The van der Waals surface area contributed by atoms with Gasteiger partial charge in [-0.15, -0.1) is 13.2 Å². The highest BCUT2D eigenvalue weighted by atomic mass is 19.4. The van der Waals surface area contributed by atoms with Crippen molar-refractivity contribution in [1.29, 1.82) is 0 Å². The van der Waals surface area contributed by atoms with Crippen LogP contribution in [0.5, 0.6) is 5.75 Å². The highest BCUT2D eigenvalue weighted by Gasteiger charge is 2.31. The monoisotopic (exact) mass is 305 g/mol. The molecule has 0 spiro atoms. The van der Waals surface area contributed by atoms with E-state index in [0.29, 0.717) is 12.5 Å². The Bertz CT molecular complexity index is 418. The summed E-state index contributed by atoms with van der Waals surface area (Å²) in [5, 5.41) is 3.41. The Hall–Kier alpha value is -1.27. The van der Waals surface area contributed by atoms with Crippen molar-refractivity contribution in [1.82, 2.24) is 5.32 Å². The molecular weight excluding hydrogens is 283 g/mol. The lowest BCUT2D eigenvalue weighted by molar-refractivity contribution is -0.274. The molecule has 0 aliphatic heterocycles. The number of hydrogen-bond acceptors (Lipinski definition) is 3. The van der Waals surface area contributed by atoms with Gasteiger partial charge >= 0.3 is 6.36 Å². The third kappa shape index (κ3) is 6.35. The predicted octanol–water partition coefficient (Wildman–Crippen LogP) is 3.91. The third-order valence-electron chi connectivity index (χ3n) is 3.23. The summed E-state index contributed by atoms with van der Waals surface area (Å²) in [4.78, 5) is 0. The van der Waals surface area contributed by atoms with E-state index in [2.05, 4.69) is 23.9 Å². The zero-order valence-electron chi connectivity index (χ0n) is 12.7. The normalized spacial score (nSPS) is 15.0. The van der Waals surface area contributed by atoms with Gasteiger partial charge in [-0.3, -0.25) is 0 Å². The van der Waals surface area contributed by atoms with Gasteiger partial charge in [-0.05, 0) is 30.5 Å². The summed E-state index contributed by atoms with van der Waals surface area (Å²) < 4.78 is 45.3. The molecule has 0 fully saturated rings. The van der Waals surface area contributed by atoms with Crippen LogP contribution in [0.1, 0.15) is 32.4 Å². The molecule has 0 saturated heterocycles. The van der Waals surface area contributed by atoms with Crippen molar-refractivity contribution in [2.45, 2.75) is 39.2 Å². The summed E-state index contributed by atoms with van der Waals surface area (Å²) >= 11 is 0. The second-order valence-electron chi connectivity index (χ2n) is 5.31. The number of methoxy groups -OCH3 is 1. The molecule has 0 amide bonds. The lowest BCUT2D eigenvalue weighted by Crippen LogP contribution is -2.39. The van der Waals surface area contributed by atoms with E-state index in [9.17, 15) is 13.2 Å². The van der Waals surface area contributed by atoms with Crippen LogP contribution < -0.4 is 10.1 Å². The highest BCUT2D eigenvalue weighted by Crippen LogP contribution is 2.24. The molecule has 120 valence electrons. The molecular formula is C15H22F3NO2. The van der Waals surface area contributed by atoms with Crippen molar-refractivity contribution < 1.29 is 22.6 Å². The SMILES string of the molecule is COCC(NC(C)c1ccc(OC(F)(F)F)cc1)C(C)C. The minimum Gasteiger partial charge on any atom is -0.406 e. The molecule has 3 nitrogen and oxygen atoms in total. The van der Waals surface area contributed by atoms with Gasteiger partial charge in [0.05, 0.1) is 6.61 Å². The Kier molecular flexibility index (Phi) is 6.48. The predicted molar refractivity (Wildman–Crippen MR) is 75.2 cm³/mol. The Labute approximate surface area is 123 Å². The van der Waals surface area contributed by atoms with E-state index < -0.39 is 6.36 Å². The molecule has 0 saturated carbocycles. The average molecular weight is 305 g/mol. The van der Waals surface area contributed by atoms with E-state index in [0.717, 1.165) is 5.56 Å². The van der Waals surface area contributed by atoms with Crippen molar-refractivity contribution in [2.24, 2.45) is 5.92 Å². The average Bonchev–Trinajstić information content (AvgIpc) is 2.36. The van der Waals surface area contributed by atoms with Crippen molar-refractivity contribution in [3.05, 3.63) is 29.8 Å². The first-order valence-corrected chi connectivity index (χ1v) is 6.83. The van der Waals surface area contributed by atoms with Crippen molar-refractivity contribution >= 4 is 0 Å². The summed E-state index contributed by atoms with van der Waals surface area (Å²) in [6, 6.07) is 6.08. The van der Waals surface area contributed by atoms with Crippen LogP contribution in [0, 0.1) is 5.92 Å². The van der Waals surface area contributed by atoms with Crippen LogP contribution in [0.4, 0.5) is 13.2 Å². The maximum atomic E-state index is 12.1. The van der Waals surface area contributed by atoms with Crippen molar-refractivity contribution in [2.75, 3.05) is 13.7 Å². The van der Waals surface area contributed by atoms with Gasteiger partial charge in [-0.25, -0.2) is 0 Å². The smallest absolute Gasteiger partial charge is 0.406 e. The summed E-state index contributed by atoms with van der Waals surface area (Å²) in [5.41, 5.74) is 0.895. The standard InChI is InChI=1S/C15H22F3NO2/c1-10(2)14(9-20-4)19-11(3)12-5-7-13(8-6-12)21-15(16,17)18/h5-8,10-11,14,19H,9H2,1-4H3. The maximum Gasteiger partial charge on any atom is 0.573 e. The molecule has 0 aromatic heterocycles. The van der Waals surface area contributed by atoms with Crippen LogP contribution in [0.25, 0.3) is 0 Å². The van der Waals surface area contributed by atoms with Crippen LogP contribution >= 0.6 is 0 Å². The highest BCUT2D eigenvalue weighted by molar-refractivity contribution is 5.29. The molecule has 0 aliphatic rings. The number of ether oxygens (including phenoxy) is 2. The largest absolute Gasteiger partial charge is 0.573 e. The minimum absolute atomic E-state index is 0.00693. The molecule has 1 aromatic carbocycles. The van der Waals surface area contributed by atoms with Gasteiger partial charge in [-0.2, -0.15) is 0 Å². The number of rotatable bonds is 7. The Balaban J connectivity index is 2.68. The third-order valence-corrected chi connectivity index (χ3v) is 3.23. The van der Waals surface area contributed by atoms with E-state index in [1.54, 1.807) is 19.2 Å². The number of hydrogen-bond donors (Lipinski definition) is 1. The maximum absolute atomic E-state index is 12.1. The van der Waals surface area contributed by atoms with Crippen LogP contribution in [-0.2, 0) is 4.74 Å². The van der Waals surface area contributed by atoms with Crippen LogP contribution in [0.2, 0.25) is 0 Å². The molecule has 0 bridgehead atoms. The molecule has 21 heavy (non-hydrogen) atoms. The fourth-order valence-electron chi connectivity index (χ4n) is 1.99. The molecule has 6 heteroatoms. The molecule has 0 heterocycles. The van der Waals surface area contributed by atoms with Gasteiger partial charge in [0.15, 0.2) is 0 Å². The van der Waals surface area contributed by atoms with Crippen LogP contribution in [0.15, 0.2) is 24.3 Å². The molecule has 1 aromatic rings. The molecule has 0 radical (unpaired) electrons. The zero-order chi connectivity index (χ0) is 16.0. The first-order chi connectivity index (χ1) is 9.73. The first-order valence-electron chi connectivity index (χ1n) is 6.83. The summed E-state index contributed by atoms with van der Waals surface area (Å²) in [6.45, 7) is 6.72. The van der Waals surface area contributed by atoms with Crippen LogP contribution in [-0.4, -0.2) is 26.1 Å². The number of nitrogens with one attached hydrogen (secondary N) is 1. The number of halogens is 3. The molecule has 1 N–H and O–H groups in total. The van der Waals surface area contributed by atoms with E-state index in [1.807, 2.05) is 6.92 Å². The van der Waals surface area contributed by atoms with Crippen molar-refractivity contribution in [3.8, 4) is 5.75 Å². The van der Waals surface area contributed by atoms with Gasteiger partial charge in [0.25, 0.3) is 0 Å². The summed E-state index contributed by atoms with van der Waals surface area (Å²) in [7, 11) is 1.64. The van der Waals surface area contributed by atoms with Gasteiger partial charge in [-0.1, -0.05) is 26.0 Å². The Morgan fingerprint density at radius 1 is 1.10 bits per heavy atom. The van der Waals surface area contributed by atoms with Gasteiger partial charge in [0.2, 0.25) is 0 Å². The van der Waals surface area contributed by atoms with Gasteiger partial charge in [0, 0.05) is 19.2 Å². The molecule has 1 rings (SSSR count). The van der Waals surface area contributed by atoms with Crippen molar-refractivity contribution in [3.63, 3.8) is 0 Å². The number of benzene rings is 1. The van der Waals surface area contributed by atoms with Crippen LogP contribution in [0.3, 0.4) is 0 Å². The molecule has 2 unspecified atom stereocenters. The lowest BCUT2D eigenvalue weighted by Gasteiger charge is -2.26. The minimum atomic E-state index is -4.66. The Morgan fingerprint density at radius 3 is 2.10 bits per heavy atom. The van der Waals surface area contributed by atoms with E-state index >= 15 is 0 Å². The Morgan fingerprint density at radius 2 is 1.67 bits per heavy atom. The fourth-order valence-corrected chi connectivity index (χ4v) is 1.99. The zero-order valence-corrected chi connectivity index (χ0v) is 12.7. The second-order valence-corrected chi connectivity index (χ2v) is 5.31. The van der Waals surface area contributed by atoms with Gasteiger partial charge in [0.1, 0.15) is 5.75 Å². The van der Waals surface area contributed by atoms with E-state index in [4.69, 9.17) is 4.74 Å².